The van der Waals surface area contributed by atoms with E-state index in [1.165, 1.54) is 22.3 Å². The number of carbonyl (C=O) groups excluding carboxylic acids is 2. The first-order chi connectivity index (χ1) is 17.0. The Balaban J connectivity index is 1.16. The monoisotopic (exact) mass is 478 g/mol. The lowest BCUT2D eigenvalue weighted by atomic mass is 9.79. The molecular weight excluding hydrogens is 444 g/mol. The normalized spacial score (nSPS) is 19.1. The Bertz CT molecular complexity index is 1020. The molecule has 7 heteroatoms. The Labute approximate surface area is 206 Å². The van der Waals surface area contributed by atoms with Crippen molar-refractivity contribution in [3.63, 3.8) is 0 Å². The minimum atomic E-state index is -0.781. The molecule has 2 aliphatic rings. The van der Waals surface area contributed by atoms with E-state index in [0.717, 1.165) is 12.8 Å². The van der Waals surface area contributed by atoms with Crippen molar-refractivity contribution in [2.24, 2.45) is 11.8 Å². The van der Waals surface area contributed by atoms with Gasteiger partial charge in [-0.15, -0.1) is 0 Å². The summed E-state index contributed by atoms with van der Waals surface area (Å²) in [5.74, 6) is -0.556. The highest BCUT2D eigenvalue weighted by atomic mass is 16.5. The predicted molar refractivity (Wildman–Crippen MR) is 133 cm³/mol. The van der Waals surface area contributed by atoms with E-state index in [0.29, 0.717) is 31.7 Å². The van der Waals surface area contributed by atoms with Crippen LogP contribution in [0.3, 0.4) is 0 Å². The molecule has 1 atom stereocenters. The molecule has 0 heterocycles. The molecule has 0 bridgehead atoms. The van der Waals surface area contributed by atoms with Crippen molar-refractivity contribution in [1.82, 2.24) is 10.6 Å². The zero-order valence-corrected chi connectivity index (χ0v) is 20.2. The first-order valence-electron chi connectivity index (χ1n) is 12.6. The van der Waals surface area contributed by atoms with Crippen LogP contribution in [-0.2, 0) is 14.3 Å². The first kappa shape index (κ1) is 24.8. The predicted octanol–water partition coefficient (Wildman–Crippen LogP) is 4.70. The first-order valence-corrected chi connectivity index (χ1v) is 12.6. The lowest BCUT2D eigenvalue weighted by Gasteiger charge is -2.34. The molecule has 3 N–H and O–H groups in total. The molecule has 2 amide bonds. The number of aliphatic carboxylic acids is 1. The molecule has 0 aliphatic heterocycles. The Hall–Kier alpha value is -3.35. The van der Waals surface area contributed by atoms with Gasteiger partial charge in [0.05, 0.1) is 0 Å². The van der Waals surface area contributed by atoms with E-state index >= 15 is 0 Å². The maximum absolute atomic E-state index is 12.4. The fourth-order valence-corrected chi connectivity index (χ4v) is 5.18. The van der Waals surface area contributed by atoms with Gasteiger partial charge in [-0.1, -0.05) is 61.9 Å². The summed E-state index contributed by atoms with van der Waals surface area (Å²) >= 11 is 0. The molecule has 7 nitrogen and oxygen atoms in total. The molecular formula is C28H34N2O5. The van der Waals surface area contributed by atoms with Gasteiger partial charge in [0.2, 0.25) is 5.91 Å². The Kier molecular flexibility index (Phi) is 8.06. The number of nitrogens with one attached hydrogen (secondary N) is 2. The molecule has 0 spiro atoms. The van der Waals surface area contributed by atoms with E-state index in [9.17, 15) is 14.4 Å². The Morgan fingerprint density at radius 1 is 1.00 bits per heavy atom. The number of alkyl carbamates (subject to hydrolysis) is 1. The second-order valence-corrected chi connectivity index (χ2v) is 9.62. The summed E-state index contributed by atoms with van der Waals surface area (Å²) in [6, 6.07) is 16.4. The molecule has 1 fully saturated rings. The van der Waals surface area contributed by atoms with Crippen LogP contribution in [0.4, 0.5) is 4.79 Å². The molecule has 4 rings (SSSR count). The summed E-state index contributed by atoms with van der Waals surface area (Å²) in [5.41, 5.74) is 4.74. The van der Waals surface area contributed by atoms with Crippen molar-refractivity contribution in [3.05, 3.63) is 59.7 Å². The highest BCUT2D eigenvalue weighted by Crippen LogP contribution is 2.44. The average molecular weight is 479 g/mol. The second-order valence-electron chi connectivity index (χ2n) is 9.62. The van der Waals surface area contributed by atoms with E-state index in [2.05, 4.69) is 34.9 Å². The third-order valence-electron chi connectivity index (χ3n) is 7.37. The molecule has 0 saturated heterocycles. The van der Waals surface area contributed by atoms with Crippen molar-refractivity contribution in [1.29, 1.82) is 0 Å². The Morgan fingerprint density at radius 3 is 2.23 bits per heavy atom. The minimum absolute atomic E-state index is 0.00340. The number of benzene rings is 2. The number of amides is 2. The van der Waals surface area contributed by atoms with Crippen molar-refractivity contribution < 1.29 is 24.2 Å². The lowest BCUT2D eigenvalue weighted by molar-refractivity contribution is -0.137. The van der Waals surface area contributed by atoms with Gasteiger partial charge in [-0.2, -0.15) is 0 Å². The fourth-order valence-electron chi connectivity index (χ4n) is 5.18. The van der Waals surface area contributed by atoms with E-state index in [4.69, 9.17) is 9.84 Å². The van der Waals surface area contributed by atoms with Crippen LogP contribution in [0.5, 0.6) is 0 Å². The van der Waals surface area contributed by atoms with E-state index in [1.807, 2.05) is 31.2 Å². The van der Waals surface area contributed by atoms with Crippen LogP contribution in [0.15, 0.2) is 48.5 Å². The van der Waals surface area contributed by atoms with Gasteiger partial charge in [0.25, 0.3) is 0 Å². The third-order valence-corrected chi connectivity index (χ3v) is 7.37. The zero-order valence-electron chi connectivity index (χ0n) is 20.2. The van der Waals surface area contributed by atoms with Gasteiger partial charge in [0.1, 0.15) is 6.61 Å². The van der Waals surface area contributed by atoms with Crippen molar-refractivity contribution in [2.45, 2.75) is 57.4 Å². The maximum Gasteiger partial charge on any atom is 0.407 e. The number of rotatable bonds is 11. The van der Waals surface area contributed by atoms with Crippen LogP contribution in [0.1, 0.15) is 62.5 Å². The third kappa shape index (κ3) is 6.02. The summed E-state index contributed by atoms with van der Waals surface area (Å²) in [4.78, 5) is 35.5. The number of ether oxygens (including phenoxy) is 1. The minimum Gasteiger partial charge on any atom is -0.481 e. The van der Waals surface area contributed by atoms with Gasteiger partial charge >= 0.3 is 12.1 Å². The van der Waals surface area contributed by atoms with Crippen LogP contribution in [0.2, 0.25) is 0 Å². The van der Waals surface area contributed by atoms with Crippen molar-refractivity contribution in [2.75, 3.05) is 13.2 Å². The Morgan fingerprint density at radius 2 is 1.63 bits per heavy atom. The van der Waals surface area contributed by atoms with Gasteiger partial charge < -0.3 is 20.5 Å². The highest BCUT2D eigenvalue weighted by Gasteiger charge is 2.36. The van der Waals surface area contributed by atoms with Crippen LogP contribution < -0.4 is 10.6 Å². The zero-order chi connectivity index (χ0) is 24.8. The topological polar surface area (TPSA) is 105 Å². The van der Waals surface area contributed by atoms with Gasteiger partial charge in [0.15, 0.2) is 0 Å². The number of fused-ring (bicyclic) bond motifs is 3. The SMILES string of the molecule is CCC(CCNC(=O)C1CC(NC(=O)OCC2c3ccccc3-c3ccccc32)C1)CCC(=O)O. The number of carboxylic acids is 1. The number of carbonyl (C=O) groups is 3. The molecule has 1 unspecified atom stereocenters. The van der Waals surface area contributed by atoms with E-state index < -0.39 is 12.1 Å². The summed E-state index contributed by atoms with van der Waals surface area (Å²) in [5, 5.41) is 14.7. The van der Waals surface area contributed by atoms with E-state index in [-0.39, 0.29) is 36.8 Å². The van der Waals surface area contributed by atoms with Crippen molar-refractivity contribution in [3.8, 4) is 11.1 Å². The quantitative estimate of drug-likeness (QED) is 0.434. The molecule has 186 valence electrons. The second kappa shape index (κ2) is 11.4. The van der Waals surface area contributed by atoms with Crippen molar-refractivity contribution >= 4 is 18.0 Å². The van der Waals surface area contributed by atoms with Crippen LogP contribution in [0.25, 0.3) is 11.1 Å². The highest BCUT2D eigenvalue weighted by molar-refractivity contribution is 5.80. The van der Waals surface area contributed by atoms with Gasteiger partial charge in [-0.3, -0.25) is 9.59 Å². The smallest absolute Gasteiger partial charge is 0.407 e. The summed E-state index contributed by atoms with van der Waals surface area (Å²) in [7, 11) is 0. The van der Waals surface area contributed by atoms with Crippen LogP contribution in [0, 0.1) is 11.8 Å². The fraction of sp³-hybridized carbons (Fsp3) is 0.464. The maximum atomic E-state index is 12.4. The number of hydrogen-bond acceptors (Lipinski definition) is 4. The molecule has 2 aliphatic carbocycles. The van der Waals surface area contributed by atoms with Gasteiger partial charge in [-0.05, 0) is 53.9 Å². The number of hydrogen-bond donors (Lipinski definition) is 3. The summed E-state index contributed by atoms with van der Waals surface area (Å²) < 4.78 is 5.59. The molecule has 0 radical (unpaired) electrons. The molecule has 0 aromatic heterocycles. The molecule has 2 aromatic rings. The summed E-state index contributed by atoms with van der Waals surface area (Å²) in [6.45, 7) is 2.87. The lowest BCUT2D eigenvalue weighted by Crippen LogP contribution is -2.49. The number of carboxylic acid groups (broad SMARTS) is 1. The molecule has 2 aromatic carbocycles. The van der Waals surface area contributed by atoms with Crippen LogP contribution in [-0.4, -0.2) is 42.3 Å². The van der Waals surface area contributed by atoms with Crippen LogP contribution >= 0.6 is 0 Å². The van der Waals surface area contributed by atoms with Gasteiger partial charge in [-0.25, -0.2) is 4.79 Å². The molecule has 1 saturated carbocycles. The van der Waals surface area contributed by atoms with Gasteiger partial charge in [0, 0.05) is 30.8 Å². The van der Waals surface area contributed by atoms with E-state index in [1.54, 1.807) is 0 Å². The average Bonchev–Trinajstić information content (AvgIpc) is 3.15. The molecule has 35 heavy (non-hydrogen) atoms. The largest absolute Gasteiger partial charge is 0.481 e. The summed E-state index contributed by atoms with van der Waals surface area (Å²) in [6.07, 6.45) is 3.25. The standard InChI is InChI=1S/C28H34N2O5/c1-2-18(11-12-26(31)32)13-14-29-27(33)19-15-20(16-19)30-28(34)35-17-25-23-9-5-3-7-21(23)22-8-4-6-10-24(22)25/h3-10,18-20,25H,2,11-17H2,1H3,(H,29,33)(H,30,34)(H,31,32).